The average Bonchev–Trinajstić information content (AvgIpc) is 2.55. The van der Waals surface area contributed by atoms with Crippen LogP contribution in [0.3, 0.4) is 0 Å². The van der Waals surface area contributed by atoms with Crippen molar-refractivity contribution in [2.45, 2.75) is 12.6 Å². The molecule has 0 atom stereocenters. The molecule has 0 aliphatic rings. The van der Waals surface area contributed by atoms with E-state index in [1.807, 2.05) is 0 Å². The largest absolute Gasteiger partial charge is 0.416 e. The van der Waals surface area contributed by atoms with Crippen LogP contribution in [-0.2, 0) is 19.6 Å². The highest BCUT2D eigenvalue weighted by molar-refractivity contribution is 5.84. The molecule has 92 valence electrons. The van der Waals surface area contributed by atoms with E-state index in [9.17, 15) is 13.2 Å². The Kier molecular flexibility index (Phi) is 2.87. The molecule has 0 bridgehead atoms. The molecular formula is C12H12F3NO. The van der Waals surface area contributed by atoms with E-state index in [1.165, 1.54) is 6.07 Å². The molecule has 2 aromatic rings. The van der Waals surface area contributed by atoms with Gasteiger partial charge in [0.25, 0.3) is 0 Å². The fourth-order valence-electron chi connectivity index (χ4n) is 1.97. The highest BCUT2D eigenvalue weighted by Crippen LogP contribution is 2.32. The maximum atomic E-state index is 12.6. The van der Waals surface area contributed by atoms with Crippen LogP contribution in [0.15, 0.2) is 24.4 Å². The molecule has 0 radical (unpaired) electrons. The van der Waals surface area contributed by atoms with Crippen molar-refractivity contribution in [1.82, 2.24) is 4.57 Å². The Hall–Kier alpha value is -1.49. The topological polar surface area (TPSA) is 25.2 Å². The summed E-state index contributed by atoms with van der Waals surface area (Å²) < 4.78 is 39.5. The van der Waals surface area contributed by atoms with Gasteiger partial charge >= 0.3 is 6.18 Å². The van der Waals surface area contributed by atoms with Crippen LogP contribution in [0.1, 0.15) is 11.1 Å². The first-order chi connectivity index (χ1) is 7.93. The SMILES string of the molecule is Cn1cc(CCO)c2cc(C(F)(F)F)ccc21. The van der Waals surface area contributed by atoms with E-state index in [-0.39, 0.29) is 6.61 Å². The molecular weight excluding hydrogens is 231 g/mol. The molecule has 0 aliphatic carbocycles. The van der Waals surface area contributed by atoms with Crippen molar-refractivity contribution >= 4 is 10.9 Å². The molecule has 2 rings (SSSR count). The van der Waals surface area contributed by atoms with Crippen LogP contribution < -0.4 is 0 Å². The lowest BCUT2D eigenvalue weighted by atomic mass is 10.1. The number of aryl methyl sites for hydroxylation is 1. The molecule has 1 aromatic carbocycles. The summed E-state index contributed by atoms with van der Waals surface area (Å²) in [5, 5.41) is 9.44. The van der Waals surface area contributed by atoms with Gasteiger partial charge in [-0.2, -0.15) is 13.2 Å². The van der Waals surface area contributed by atoms with Crippen molar-refractivity contribution in [2.75, 3.05) is 6.61 Å². The molecule has 17 heavy (non-hydrogen) atoms. The Morgan fingerprint density at radius 1 is 1.29 bits per heavy atom. The van der Waals surface area contributed by atoms with Crippen LogP contribution in [0.4, 0.5) is 13.2 Å². The van der Waals surface area contributed by atoms with E-state index in [0.717, 1.165) is 23.2 Å². The van der Waals surface area contributed by atoms with E-state index >= 15 is 0 Å². The van der Waals surface area contributed by atoms with E-state index < -0.39 is 11.7 Å². The summed E-state index contributed by atoms with van der Waals surface area (Å²) >= 11 is 0. The molecule has 1 N–H and O–H groups in total. The first-order valence-electron chi connectivity index (χ1n) is 5.19. The highest BCUT2D eigenvalue weighted by atomic mass is 19.4. The van der Waals surface area contributed by atoms with Crippen molar-refractivity contribution in [1.29, 1.82) is 0 Å². The normalized spacial score (nSPS) is 12.3. The number of aromatic nitrogens is 1. The van der Waals surface area contributed by atoms with E-state index in [1.54, 1.807) is 17.8 Å². The Labute approximate surface area is 96.3 Å². The second kappa shape index (κ2) is 4.07. The molecule has 0 fully saturated rings. The lowest BCUT2D eigenvalue weighted by molar-refractivity contribution is -0.137. The van der Waals surface area contributed by atoms with Crippen LogP contribution in [0.25, 0.3) is 10.9 Å². The zero-order valence-electron chi connectivity index (χ0n) is 9.25. The number of rotatable bonds is 2. The predicted molar refractivity (Wildman–Crippen MR) is 58.7 cm³/mol. The second-order valence-electron chi connectivity index (χ2n) is 3.97. The molecule has 1 aromatic heterocycles. The van der Waals surface area contributed by atoms with Gasteiger partial charge < -0.3 is 9.67 Å². The zero-order chi connectivity index (χ0) is 12.6. The maximum Gasteiger partial charge on any atom is 0.416 e. The Bertz CT molecular complexity index is 542. The minimum Gasteiger partial charge on any atom is -0.396 e. The molecule has 0 amide bonds. The zero-order valence-corrected chi connectivity index (χ0v) is 9.25. The first-order valence-corrected chi connectivity index (χ1v) is 5.19. The number of aliphatic hydroxyl groups excluding tert-OH is 1. The molecule has 0 spiro atoms. The van der Waals surface area contributed by atoms with Gasteiger partial charge in [-0.05, 0) is 30.2 Å². The van der Waals surface area contributed by atoms with Crippen LogP contribution in [0.5, 0.6) is 0 Å². The van der Waals surface area contributed by atoms with Crippen molar-refractivity contribution in [3.05, 3.63) is 35.5 Å². The minimum atomic E-state index is -4.33. The van der Waals surface area contributed by atoms with Gasteiger partial charge in [0, 0.05) is 30.8 Å². The minimum absolute atomic E-state index is 0.0740. The van der Waals surface area contributed by atoms with Crippen molar-refractivity contribution < 1.29 is 18.3 Å². The summed E-state index contributed by atoms with van der Waals surface area (Å²) in [6, 6.07) is 3.67. The smallest absolute Gasteiger partial charge is 0.396 e. The third kappa shape index (κ3) is 2.15. The van der Waals surface area contributed by atoms with Crippen molar-refractivity contribution in [2.24, 2.45) is 7.05 Å². The van der Waals surface area contributed by atoms with Crippen molar-refractivity contribution in [3.8, 4) is 0 Å². The summed E-state index contributed by atoms with van der Waals surface area (Å²) in [7, 11) is 1.77. The first kappa shape index (κ1) is 12.0. The second-order valence-corrected chi connectivity index (χ2v) is 3.97. The summed E-state index contributed by atoms with van der Waals surface area (Å²) in [4.78, 5) is 0. The number of fused-ring (bicyclic) bond motifs is 1. The van der Waals surface area contributed by atoms with Gasteiger partial charge in [-0.25, -0.2) is 0 Å². The van der Waals surface area contributed by atoms with E-state index in [4.69, 9.17) is 5.11 Å². The lowest BCUT2D eigenvalue weighted by Crippen LogP contribution is -2.04. The number of halogens is 3. The van der Waals surface area contributed by atoms with Gasteiger partial charge in [-0.1, -0.05) is 0 Å². The molecule has 0 saturated carbocycles. The number of aliphatic hydroxyl groups is 1. The number of hydrogen-bond donors (Lipinski definition) is 1. The van der Waals surface area contributed by atoms with Crippen LogP contribution in [-0.4, -0.2) is 16.3 Å². The van der Waals surface area contributed by atoms with Crippen molar-refractivity contribution in [3.63, 3.8) is 0 Å². The molecule has 0 aliphatic heterocycles. The Balaban J connectivity index is 2.62. The third-order valence-electron chi connectivity index (χ3n) is 2.78. The Morgan fingerprint density at radius 2 is 2.00 bits per heavy atom. The number of benzene rings is 1. The highest BCUT2D eigenvalue weighted by Gasteiger charge is 2.30. The summed E-state index contributed by atoms with van der Waals surface area (Å²) in [6.45, 7) is -0.0740. The fraction of sp³-hybridized carbons (Fsp3) is 0.333. The maximum absolute atomic E-state index is 12.6. The number of hydrogen-bond acceptors (Lipinski definition) is 1. The summed E-state index contributed by atoms with van der Waals surface area (Å²) in [5.41, 5.74) is 0.813. The van der Waals surface area contributed by atoms with Gasteiger partial charge in [0.1, 0.15) is 0 Å². The summed E-state index contributed by atoms with van der Waals surface area (Å²) in [5.74, 6) is 0. The summed E-state index contributed by atoms with van der Waals surface area (Å²) in [6.07, 6.45) is -2.22. The number of nitrogens with zero attached hydrogens (tertiary/aromatic N) is 1. The van der Waals surface area contributed by atoms with Gasteiger partial charge in [0.05, 0.1) is 5.56 Å². The van der Waals surface area contributed by atoms with Gasteiger partial charge in [0.2, 0.25) is 0 Å². The molecule has 0 saturated heterocycles. The lowest BCUT2D eigenvalue weighted by Gasteiger charge is -2.07. The van der Waals surface area contributed by atoms with E-state index in [0.29, 0.717) is 11.8 Å². The quantitative estimate of drug-likeness (QED) is 0.862. The van der Waals surface area contributed by atoms with Crippen LogP contribution in [0, 0.1) is 0 Å². The van der Waals surface area contributed by atoms with Gasteiger partial charge in [-0.3, -0.25) is 0 Å². The van der Waals surface area contributed by atoms with Crippen LogP contribution in [0.2, 0.25) is 0 Å². The molecule has 1 heterocycles. The monoisotopic (exact) mass is 243 g/mol. The van der Waals surface area contributed by atoms with Gasteiger partial charge in [0.15, 0.2) is 0 Å². The van der Waals surface area contributed by atoms with E-state index in [2.05, 4.69) is 0 Å². The average molecular weight is 243 g/mol. The third-order valence-corrected chi connectivity index (χ3v) is 2.78. The Morgan fingerprint density at radius 3 is 2.59 bits per heavy atom. The predicted octanol–water partition coefficient (Wildman–Crippen LogP) is 2.73. The van der Waals surface area contributed by atoms with Crippen LogP contribution >= 0.6 is 0 Å². The molecule has 2 nitrogen and oxygen atoms in total. The number of alkyl halides is 3. The molecule has 0 unspecified atom stereocenters. The fourth-order valence-corrected chi connectivity index (χ4v) is 1.97. The molecule has 5 heteroatoms. The standard InChI is InChI=1S/C12H12F3NO/c1-16-7-8(4-5-17)10-6-9(12(13,14)15)2-3-11(10)16/h2-3,6-7,17H,4-5H2,1H3. The van der Waals surface area contributed by atoms with Gasteiger partial charge in [-0.15, -0.1) is 0 Å².